The monoisotopic (exact) mass is 395 g/mol. The fraction of sp³-hybridized carbons (Fsp3) is 0.200. The zero-order valence-corrected chi connectivity index (χ0v) is 16.0. The number of para-hydroxylation sites is 2. The molecule has 1 unspecified atom stereocenters. The lowest BCUT2D eigenvalue weighted by molar-refractivity contribution is -0.227. The molecule has 0 spiro atoms. The second-order valence-electron chi connectivity index (χ2n) is 6.31. The third-order valence-electron chi connectivity index (χ3n) is 4.29. The SMILES string of the molecule is COC(OC(C)=O)(C(=O)NCc1ccc(C(=N)N)cc1)c1nc2ccccc2[nH]1. The molecule has 1 atom stereocenters. The number of ether oxygens (including phenoxy) is 2. The van der Waals surface area contributed by atoms with Crippen molar-refractivity contribution in [3.05, 3.63) is 65.5 Å². The minimum atomic E-state index is -2.07. The molecule has 0 fully saturated rings. The number of carbonyl (C=O) groups excluding carboxylic acids is 2. The number of amidine groups is 1. The van der Waals surface area contributed by atoms with E-state index in [-0.39, 0.29) is 18.2 Å². The van der Waals surface area contributed by atoms with Gasteiger partial charge in [-0.15, -0.1) is 0 Å². The van der Waals surface area contributed by atoms with Gasteiger partial charge in [0.05, 0.1) is 11.0 Å². The van der Waals surface area contributed by atoms with E-state index in [0.29, 0.717) is 16.6 Å². The highest BCUT2D eigenvalue weighted by Gasteiger charge is 2.47. The van der Waals surface area contributed by atoms with Gasteiger partial charge in [0.15, 0.2) is 5.82 Å². The van der Waals surface area contributed by atoms with Gasteiger partial charge in [0.1, 0.15) is 5.84 Å². The van der Waals surface area contributed by atoms with Crippen molar-refractivity contribution in [1.29, 1.82) is 5.41 Å². The van der Waals surface area contributed by atoms with Crippen LogP contribution >= 0.6 is 0 Å². The number of aromatic nitrogens is 2. The number of amides is 1. The predicted molar refractivity (Wildman–Crippen MR) is 106 cm³/mol. The zero-order valence-electron chi connectivity index (χ0n) is 16.0. The minimum Gasteiger partial charge on any atom is -0.416 e. The lowest BCUT2D eigenvalue weighted by atomic mass is 10.1. The van der Waals surface area contributed by atoms with Crippen molar-refractivity contribution < 1.29 is 19.1 Å². The topological polar surface area (TPSA) is 143 Å². The summed E-state index contributed by atoms with van der Waals surface area (Å²) in [5, 5.41) is 10.1. The molecule has 0 aliphatic rings. The van der Waals surface area contributed by atoms with Crippen LogP contribution in [0.1, 0.15) is 23.9 Å². The second kappa shape index (κ2) is 8.11. The lowest BCUT2D eigenvalue weighted by Gasteiger charge is -2.28. The molecule has 1 aromatic heterocycles. The standard InChI is InChI=1S/C20H21N5O4/c1-12(26)29-20(28-2,18-24-15-5-3-4-6-16(15)25-18)19(27)23-11-13-7-9-14(10-8-13)17(21)22/h3-10H,11H2,1-2H3,(H3,21,22)(H,23,27)(H,24,25). The number of imidazole rings is 1. The molecule has 5 N–H and O–H groups in total. The number of carbonyl (C=O) groups is 2. The number of nitrogens with two attached hydrogens (primary N) is 1. The number of benzene rings is 2. The van der Waals surface area contributed by atoms with E-state index >= 15 is 0 Å². The van der Waals surface area contributed by atoms with Crippen molar-refractivity contribution in [2.45, 2.75) is 19.3 Å². The van der Waals surface area contributed by atoms with Crippen LogP contribution in [0.25, 0.3) is 11.0 Å². The molecule has 1 amide bonds. The van der Waals surface area contributed by atoms with Gasteiger partial charge in [-0.1, -0.05) is 36.4 Å². The van der Waals surface area contributed by atoms with Crippen molar-refractivity contribution in [1.82, 2.24) is 15.3 Å². The van der Waals surface area contributed by atoms with Crippen LogP contribution in [0.5, 0.6) is 0 Å². The van der Waals surface area contributed by atoms with Gasteiger partial charge in [-0.3, -0.25) is 15.0 Å². The van der Waals surface area contributed by atoms with E-state index in [1.807, 2.05) is 6.07 Å². The Bertz CT molecular complexity index is 1030. The molecule has 0 aliphatic carbocycles. The zero-order chi connectivity index (χ0) is 21.0. The first-order chi connectivity index (χ1) is 13.9. The maximum Gasteiger partial charge on any atom is 0.353 e. The minimum absolute atomic E-state index is 0.0428. The van der Waals surface area contributed by atoms with Crippen LogP contribution in [0, 0.1) is 5.41 Å². The number of nitrogens with zero attached hydrogens (tertiary/aromatic N) is 1. The molecular weight excluding hydrogens is 374 g/mol. The Morgan fingerprint density at radius 3 is 2.48 bits per heavy atom. The lowest BCUT2D eigenvalue weighted by Crippen LogP contribution is -2.49. The average Bonchev–Trinajstić information content (AvgIpc) is 3.15. The molecule has 29 heavy (non-hydrogen) atoms. The number of hydrogen-bond donors (Lipinski definition) is 4. The molecule has 150 valence electrons. The van der Waals surface area contributed by atoms with Gasteiger partial charge in [-0.25, -0.2) is 4.98 Å². The number of esters is 1. The Labute approximate surface area is 166 Å². The summed E-state index contributed by atoms with van der Waals surface area (Å²) in [6.07, 6.45) is 0. The van der Waals surface area contributed by atoms with Gasteiger partial charge in [-0.05, 0) is 17.7 Å². The molecule has 0 bridgehead atoms. The van der Waals surface area contributed by atoms with Gasteiger partial charge in [0.2, 0.25) is 0 Å². The number of H-pyrrole nitrogens is 1. The highest BCUT2D eigenvalue weighted by molar-refractivity contribution is 5.95. The summed E-state index contributed by atoms with van der Waals surface area (Å²) in [5.41, 5.74) is 8.05. The number of nitrogens with one attached hydrogen (secondary N) is 3. The van der Waals surface area contributed by atoms with E-state index < -0.39 is 17.7 Å². The first-order valence-electron chi connectivity index (χ1n) is 8.77. The molecule has 2 aromatic carbocycles. The van der Waals surface area contributed by atoms with E-state index in [0.717, 1.165) is 5.56 Å². The summed E-state index contributed by atoms with van der Waals surface area (Å²) < 4.78 is 10.7. The summed E-state index contributed by atoms with van der Waals surface area (Å²) >= 11 is 0. The van der Waals surface area contributed by atoms with Crippen LogP contribution < -0.4 is 11.1 Å². The normalized spacial score (nSPS) is 12.9. The van der Waals surface area contributed by atoms with Gasteiger partial charge in [0, 0.05) is 26.1 Å². The average molecular weight is 395 g/mol. The second-order valence-corrected chi connectivity index (χ2v) is 6.31. The first-order valence-corrected chi connectivity index (χ1v) is 8.77. The highest BCUT2D eigenvalue weighted by Crippen LogP contribution is 2.27. The molecular formula is C20H21N5O4. The van der Waals surface area contributed by atoms with Gasteiger partial charge < -0.3 is 25.5 Å². The number of rotatable bonds is 7. The van der Waals surface area contributed by atoms with Crippen molar-refractivity contribution >= 4 is 28.7 Å². The molecule has 0 saturated carbocycles. The van der Waals surface area contributed by atoms with Crippen molar-refractivity contribution in [2.75, 3.05) is 7.11 Å². The van der Waals surface area contributed by atoms with Crippen LogP contribution in [0.4, 0.5) is 0 Å². The van der Waals surface area contributed by atoms with E-state index in [1.54, 1.807) is 42.5 Å². The molecule has 0 radical (unpaired) electrons. The maximum atomic E-state index is 13.0. The third kappa shape index (κ3) is 4.09. The Morgan fingerprint density at radius 1 is 1.21 bits per heavy atom. The van der Waals surface area contributed by atoms with Crippen LogP contribution in [-0.2, 0) is 31.4 Å². The Balaban J connectivity index is 1.88. The predicted octanol–water partition coefficient (Wildman–Crippen LogP) is 1.53. The van der Waals surface area contributed by atoms with Crippen LogP contribution in [0.3, 0.4) is 0 Å². The Kier molecular flexibility index (Phi) is 5.60. The van der Waals surface area contributed by atoms with Crippen LogP contribution in [0.2, 0.25) is 0 Å². The molecule has 3 aromatic rings. The Morgan fingerprint density at radius 2 is 1.90 bits per heavy atom. The number of aromatic amines is 1. The number of hydrogen-bond acceptors (Lipinski definition) is 6. The fourth-order valence-electron chi connectivity index (χ4n) is 2.85. The molecule has 9 heteroatoms. The van der Waals surface area contributed by atoms with E-state index in [4.69, 9.17) is 20.6 Å². The van der Waals surface area contributed by atoms with Gasteiger partial charge in [-0.2, -0.15) is 0 Å². The fourth-order valence-corrected chi connectivity index (χ4v) is 2.85. The molecule has 9 nitrogen and oxygen atoms in total. The number of fused-ring (bicyclic) bond motifs is 1. The maximum absolute atomic E-state index is 13.0. The third-order valence-corrected chi connectivity index (χ3v) is 4.29. The van der Waals surface area contributed by atoms with Crippen molar-refractivity contribution in [3.8, 4) is 0 Å². The summed E-state index contributed by atoms with van der Waals surface area (Å²) in [7, 11) is 1.26. The van der Waals surface area contributed by atoms with E-state index in [1.165, 1.54) is 14.0 Å². The molecule has 1 heterocycles. The largest absolute Gasteiger partial charge is 0.416 e. The van der Waals surface area contributed by atoms with Crippen molar-refractivity contribution in [3.63, 3.8) is 0 Å². The van der Waals surface area contributed by atoms with E-state index in [9.17, 15) is 9.59 Å². The molecule has 0 saturated heterocycles. The summed E-state index contributed by atoms with van der Waals surface area (Å²) in [6.45, 7) is 1.33. The highest BCUT2D eigenvalue weighted by atomic mass is 16.7. The summed E-state index contributed by atoms with van der Waals surface area (Å²) in [4.78, 5) is 32.1. The summed E-state index contributed by atoms with van der Waals surface area (Å²) in [6, 6.07) is 14.0. The van der Waals surface area contributed by atoms with Crippen LogP contribution in [0.15, 0.2) is 48.5 Å². The number of methoxy groups -OCH3 is 1. The molecule has 3 rings (SSSR count). The van der Waals surface area contributed by atoms with Gasteiger partial charge >= 0.3 is 17.7 Å². The summed E-state index contributed by atoms with van der Waals surface area (Å²) in [5.74, 6) is -3.44. The van der Waals surface area contributed by atoms with Crippen LogP contribution in [-0.4, -0.2) is 34.8 Å². The first kappa shape index (κ1) is 20.0. The molecule has 0 aliphatic heterocycles. The smallest absolute Gasteiger partial charge is 0.353 e. The van der Waals surface area contributed by atoms with E-state index in [2.05, 4.69) is 15.3 Å². The quantitative estimate of drug-likeness (QED) is 0.207. The Hall–Kier alpha value is -3.72. The van der Waals surface area contributed by atoms with Gasteiger partial charge in [0.25, 0.3) is 0 Å². The van der Waals surface area contributed by atoms with Crippen molar-refractivity contribution in [2.24, 2.45) is 5.73 Å². The number of nitrogen functional groups attached to an aromatic ring is 1.